The van der Waals surface area contributed by atoms with Crippen molar-refractivity contribution in [3.63, 3.8) is 0 Å². The van der Waals surface area contributed by atoms with Gasteiger partial charge in [-0.15, -0.1) is 0 Å². The lowest BCUT2D eigenvalue weighted by atomic mass is 10.1. The number of aliphatic carboxylic acids is 1. The van der Waals surface area contributed by atoms with Crippen LogP contribution in [-0.4, -0.2) is 11.1 Å². The second-order valence-corrected chi connectivity index (χ2v) is 4.29. The first kappa shape index (κ1) is 16.7. The molecule has 0 rings (SSSR count). The third-order valence-electron chi connectivity index (χ3n) is 2.54. The zero-order chi connectivity index (χ0) is 13.5. The normalized spacial score (nSPS) is 12.1. The lowest BCUT2D eigenvalue weighted by Gasteiger charge is -1.94. The van der Waals surface area contributed by atoms with Crippen molar-refractivity contribution in [3.8, 4) is 0 Å². The number of hydrogen-bond acceptors (Lipinski definition) is 1. The molecular weight excluding hydrogens is 224 g/mol. The van der Waals surface area contributed by atoms with Gasteiger partial charge in [0.15, 0.2) is 0 Å². The van der Waals surface area contributed by atoms with Gasteiger partial charge in [0.05, 0.1) is 0 Å². The van der Waals surface area contributed by atoms with E-state index in [0.717, 1.165) is 44.9 Å². The number of carboxylic acids is 1. The first-order valence-corrected chi connectivity index (χ1v) is 6.94. The molecule has 0 atom stereocenters. The second-order valence-electron chi connectivity index (χ2n) is 4.29. The molecule has 2 heteroatoms. The van der Waals surface area contributed by atoms with Crippen LogP contribution < -0.4 is 0 Å². The van der Waals surface area contributed by atoms with E-state index in [4.69, 9.17) is 5.11 Å². The molecule has 18 heavy (non-hydrogen) atoms. The lowest BCUT2D eigenvalue weighted by molar-refractivity contribution is -0.137. The smallest absolute Gasteiger partial charge is 0.303 e. The minimum absolute atomic E-state index is 0.303. The molecule has 102 valence electrons. The Balaban J connectivity index is 3.27. The Hall–Kier alpha value is -1.31. The van der Waals surface area contributed by atoms with Gasteiger partial charge in [-0.2, -0.15) is 0 Å². The lowest BCUT2D eigenvalue weighted by Crippen LogP contribution is -1.93. The summed E-state index contributed by atoms with van der Waals surface area (Å²) in [6, 6.07) is 0. The van der Waals surface area contributed by atoms with E-state index in [1.54, 1.807) is 0 Å². The summed E-state index contributed by atoms with van der Waals surface area (Å²) in [6.07, 6.45) is 20.5. The van der Waals surface area contributed by atoms with Crippen LogP contribution in [0.5, 0.6) is 0 Å². The quantitative estimate of drug-likeness (QED) is 0.419. The summed E-state index contributed by atoms with van der Waals surface area (Å²) in [6.45, 7) is 2.14. The molecule has 2 nitrogen and oxygen atoms in total. The van der Waals surface area contributed by atoms with E-state index in [0.29, 0.717) is 6.42 Å². The zero-order valence-electron chi connectivity index (χ0n) is 11.5. The average Bonchev–Trinajstić information content (AvgIpc) is 2.34. The minimum Gasteiger partial charge on any atom is -0.481 e. The van der Waals surface area contributed by atoms with Crippen LogP contribution in [0.3, 0.4) is 0 Å². The van der Waals surface area contributed by atoms with E-state index in [1.807, 2.05) is 0 Å². The highest BCUT2D eigenvalue weighted by Gasteiger charge is 1.94. The number of unbranched alkanes of at least 4 members (excludes halogenated alkanes) is 3. The van der Waals surface area contributed by atoms with Gasteiger partial charge >= 0.3 is 5.97 Å². The molecule has 0 aliphatic heterocycles. The maximum Gasteiger partial charge on any atom is 0.303 e. The van der Waals surface area contributed by atoms with Crippen molar-refractivity contribution in [1.82, 2.24) is 0 Å². The van der Waals surface area contributed by atoms with E-state index in [2.05, 4.69) is 43.4 Å². The molecule has 0 saturated heterocycles. The van der Waals surface area contributed by atoms with Crippen molar-refractivity contribution in [2.24, 2.45) is 0 Å². The fraction of sp³-hybridized carbons (Fsp3) is 0.562. The number of allylic oxidation sites excluding steroid dienone is 6. The van der Waals surface area contributed by atoms with Crippen LogP contribution in [0.4, 0.5) is 0 Å². The fourth-order valence-electron chi connectivity index (χ4n) is 1.54. The summed E-state index contributed by atoms with van der Waals surface area (Å²) in [4.78, 5) is 10.3. The van der Waals surface area contributed by atoms with Crippen LogP contribution in [0.15, 0.2) is 36.5 Å². The van der Waals surface area contributed by atoms with E-state index >= 15 is 0 Å². The first-order valence-electron chi connectivity index (χ1n) is 6.94. The summed E-state index contributed by atoms with van der Waals surface area (Å²) in [5.41, 5.74) is 0. The maximum absolute atomic E-state index is 10.3. The van der Waals surface area contributed by atoms with Crippen LogP contribution in [0.1, 0.15) is 58.3 Å². The van der Waals surface area contributed by atoms with Crippen molar-refractivity contribution < 1.29 is 9.90 Å². The standard InChI is InChI=1S/C16H26O2/c1-2-3-4-5-6-7-8-9-10-11-12-13-14-15-16(17)18/h3-4,6-7,9-10H,2,5,8,11-15H2,1H3,(H,17,18)/b4-3-,7-6-,10-9-. The van der Waals surface area contributed by atoms with E-state index in [9.17, 15) is 4.79 Å². The van der Waals surface area contributed by atoms with Crippen LogP contribution in [0.25, 0.3) is 0 Å². The summed E-state index contributed by atoms with van der Waals surface area (Å²) < 4.78 is 0. The van der Waals surface area contributed by atoms with Crippen molar-refractivity contribution in [2.45, 2.75) is 58.3 Å². The molecule has 0 aliphatic rings. The maximum atomic E-state index is 10.3. The van der Waals surface area contributed by atoms with Gasteiger partial charge in [0.25, 0.3) is 0 Å². The van der Waals surface area contributed by atoms with E-state index in [-0.39, 0.29) is 0 Å². The SMILES string of the molecule is CC/C=C\C/C=C\C/C=C\CCCCCC(=O)O. The van der Waals surface area contributed by atoms with Crippen molar-refractivity contribution in [3.05, 3.63) is 36.5 Å². The monoisotopic (exact) mass is 250 g/mol. The molecule has 1 N–H and O–H groups in total. The molecule has 0 aliphatic carbocycles. The molecule has 0 amide bonds. The van der Waals surface area contributed by atoms with Crippen molar-refractivity contribution in [2.75, 3.05) is 0 Å². The Morgan fingerprint density at radius 2 is 1.50 bits per heavy atom. The molecule has 0 heterocycles. The minimum atomic E-state index is -0.687. The summed E-state index contributed by atoms with van der Waals surface area (Å²) >= 11 is 0. The summed E-state index contributed by atoms with van der Waals surface area (Å²) in [5.74, 6) is -0.687. The highest BCUT2D eigenvalue weighted by atomic mass is 16.4. The molecular formula is C16H26O2. The van der Waals surface area contributed by atoms with E-state index < -0.39 is 5.97 Å². The average molecular weight is 250 g/mol. The molecule has 0 aromatic carbocycles. The van der Waals surface area contributed by atoms with Crippen molar-refractivity contribution in [1.29, 1.82) is 0 Å². The summed E-state index contributed by atoms with van der Waals surface area (Å²) in [7, 11) is 0. The van der Waals surface area contributed by atoms with Gasteiger partial charge in [-0.25, -0.2) is 0 Å². The van der Waals surface area contributed by atoms with Crippen molar-refractivity contribution >= 4 is 5.97 Å². The molecule has 0 aromatic rings. The Kier molecular flexibility index (Phi) is 12.8. The van der Waals surface area contributed by atoms with Crippen LogP contribution in [-0.2, 0) is 4.79 Å². The Morgan fingerprint density at radius 3 is 2.11 bits per heavy atom. The van der Waals surface area contributed by atoms with Gasteiger partial charge in [-0.3, -0.25) is 4.79 Å². The van der Waals surface area contributed by atoms with E-state index in [1.165, 1.54) is 0 Å². The molecule has 0 fully saturated rings. The predicted octanol–water partition coefficient (Wildman–Crippen LogP) is 4.88. The number of carboxylic acid groups (broad SMARTS) is 1. The van der Waals surface area contributed by atoms with Crippen LogP contribution >= 0.6 is 0 Å². The third kappa shape index (κ3) is 14.7. The zero-order valence-corrected chi connectivity index (χ0v) is 11.5. The molecule has 0 spiro atoms. The Labute approximate surface area is 111 Å². The topological polar surface area (TPSA) is 37.3 Å². The van der Waals surface area contributed by atoms with Gasteiger partial charge in [0.2, 0.25) is 0 Å². The Bertz CT molecular complexity index is 275. The fourth-order valence-corrected chi connectivity index (χ4v) is 1.54. The second kappa shape index (κ2) is 13.8. The summed E-state index contributed by atoms with van der Waals surface area (Å²) in [5, 5.41) is 8.46. The number of hydrogen-bond donors (Lipinski definition) is 1. The highest BCUT2D eigenvalue weighted by molar-refractivity contribution is 5.66. The highest BCUT2D eigenvalue weighted by Crippen LogP contribution is 2.04. The van der Waals surface area contributed by atoms with Gasteiger partial charge in [0, 0.05) is 6.42 Å². The molecule has 0 radical (unpaired) electrons. The predicted molar refractivity (Wildman–Crippen MR) is 77.7 cm³/mol. The molecule has 0 unspecified atom stereocenters. The number of rotatable bonds is 11. The molecule has 0 bridgehead atoms. The van der Waals surface area contributed by atoms with Gasteiger partial charge in [-0.05, 0) is 38.5 Å². The number of carbonyl (C=O) groups is 1. The van der Waals surface area contributed by atoms with Crippen LogP contribution in [0.2, 0.25) is 0 Å². The van der Waals surface area contributed by atoms with Gasteiger partial charge in [-0.1, -0.05) is 49.8 Å². The van der Waals surface area contributed by atoms with Crippen LogP contribution in [0, 0.1) is 0 Å². The Morgan fingerprint density at radius 1 is 0.889 bits per heavy atom. The molecule has 0 aromatic heterocycles. The molecule has 0 saturated carbocycles. The largest absolute Gasteiger partial charge is 0.481 e. The third-order valence-corrected chi connectivity index (χ3v) is 2.54. The van der Waals surface area contributed by atoms with Gasteiger partial charge < -0.3 is 5.11 Å². The van der Waals surface area contributed by atoms with Gasteiger partial charge in [0.1, 0.15) is 0 Å². The first-order chi connectivity index (χ1) is 8.77.